The molecule has 5 heteroatoms. The summed E-state index contributed by atoms with van der Waals surface area (Å²) in [5, 5.41) is 6.90. The van der Waals surface area contributed by atoms with Crippen LogP contribution in [0.4, 0.5) is 0 Å². The van der Waals surface area contributed by atoms with Gasteiger partial charge in [-0.05, 0) is 35.7 Å². The van der Waals surface area contributed by atoms with E-state index in [1.54, 1.807) is 0 Å². The molecule has 0 unspecified atom stereocenters. The smallest absolute Gasteiger partial charge is 0.164 e. The maximum atomic E-state index is 6.23. The second-order valence-electron chi connectivity index (χ2n) is 12.0. The van der Waals surface area contributed by atoms with Crippen LogP contribution in [0.25, 0.3) is 94.4 Å². The van der Waals surface area contributed by atoms with Crippen molar-refractivity contribution < 1.29 is 4.42 Å². The lowest BCUT2D eigenvalue weighted by Gasteiger charge is -2.12. The van der Waals surface area contributed by atoms with E-state index in [2.05, 4.69) is 102 Å². The molecule has 0 spiro atoms. The third-order valence-electron chi connectivity index (χ3n) is 9.23. The number of fused-ring (bicyclic) bond motifs is 8. The van der Waals surface area contributed by atoms with Crippen molar-refractivity contribution in [1.29, 1.82) is 0 Å². The Hall–Kier alpha value is -6.59. The van der Waals surface area contributed by atoms with Crippen molar-refractivity contribution >= 4 is 54.5 Å². The van der Waals surface area contributed by atoms with Crippen molar-refractivity contribution in [2.75, 3.05) is 0 Å². The fraction of sp³-hybridized carbons (Fsp3) is 0. The molecule has 5 nitrogen and oxygen atoms in total. The van der Waals surface area contributed by atoms with E-state index in [0.29, 0.717) is 17.5 Å². The largest absolute Gasteiger partial charge is 0.456 e. The van der Waals surface area contributed by atoms with Crippen LogP contribution in [-0.2, 0) is 0 Å². The quantitative estimate of drug-likeness (QED) is 0.198. The number of furan rings is 1. The third kappa shape index (κ3) is 4.08. The number of nitrogens with zero attached hydrogens (tertiary/aromatic N) is 4. The molecule has 0 aliphatic carbocycles. The van der Waals surface area contributed by atoms with Gasteiger partial charge in [0, 0.05) is 49.3 Å². The Morgan fingerprint density at radius 2 is 1.10 bits per heavy atom. The summed E-state index contributed by atoms with van der Waals surface area (Å²) in [7, 11) is 0. The second kappa shape index (κ2) is 10.5. The number of para-hydroxylation sites is 2. The summed E-state index contributed by atoms with van der Waals surface area (Å²) in [5.74, 6) is 1.83. The summed E-state index contributed by atoms with van der Waals surface area (Å²) in [6.07, 6.45) is 0. The van der Waals surface area contributed by atoms with Crippen LogP contribution >= 0.6 is 0 Å². The summed E-state index contributed by atoms with van der Waals surface area (Å²) in [6.45, 7) is 0. The zero-order valence-electron chi connectivity index (χ0n) is 25.7. The van der Waals surface area contributed by atoms with Gasteiger partial charge in [0.05, 0.1) is 11.0 Å². The molecule has 0 radical (unpaired) electrons. The van der Waals surface area contributed by atoms with Crippen LogP contribution in [0.15, 0.2) is 162 Å². The van der Waals surface area contributed by atoms with Crippen LogP contribution in [0.2, 0.25) is 0 Å². The number of benzene rings is 7. The minimum atomic E-state index is 0.601. The fourth-order valence-electron chi connectivity index (χ4n) is 7.09. The predicted octanol–water partition coefficient (Wildman–Crippen LogP) is 11.0. The van der Waals surface area contributed by atoms with Crippen LogP contribution in [-0.4, -0.2) is 19.5 Å². The van der Waals surface area contributed by atoms with E-state index >= 15 is 0 Å². The lowest BCUT2D eigenvalue weighted by atomic mass is 10.1. The number of hydrogen-bond donors (Lipinski definition) is 0. The van der Waals surface area contributed by atoms with Crippen LogP contribution in [0.3, 0.4) is 0 Å². The minimum absolute atomic E-state index is 0.601. The molecule has 0 amide bonds. The van der Waals surface area contributed by atoms with E-state index in [0.717, 1.165) is 49.8 Å². The standard InChI is InChI=1S/C43H26N4O/c1-2-13-28(14-3-1)41-44-42(46-43(45-41)35-20-11-23-38-39(35)34-19-7-9-22-37(34)48-38)29-15-10-16-30(26-29)47-36-21-8-6-18-32(36)33-25-24-27-12-4-5-17-31(27)40(33)47/h1-26H. The van der Waals surface area contributed by atoms with Gasteiger partial charge in [-0.2, -0.15) is 0 Å². The van der Waals surface area contributed by atoms with Crippen molar-refractivity contribution in [3.8, 4) is 39.9 Å². The molecule has 0 saturated carbocycles. The molecule has 10 rings (SSSR count). The summed E-state index contributed by atoms with van der Waals surface area (Å²) in [5.41, 5.74) is 7.76. The monoisotopic (exact) mass is 614 g/mol. The van der Waals surface area contributed by atoms with Crippen molar-refractivity contribution in [2.45, 2.75) is 0 Å². The summed E-state index contributed by atoms with van der Waals surface area (Å²) in [6, 6.07) is 54.5. The third-order valence-corrected chi connectivity index (χ3v) is 9.23. The van der Waals surface area contributed by atoms with E-state index < -0.39 is 0 Å². The first kappa shape index (κ1) is 26.6. The van der Waals surface area contributed by atoms with Gasteiger partial charge in [-0.25, -0.2) is 15.0 Å². The van der Waals surface area contributed by atoms with Gasteiger partial charge in [-0.1, -0.05) is 127 Å². The maximum Gasteiger partial charge on any atom is 0.164 e. The highest BCUT2D eigenvalue weighted by atomic mass is 16.3. The fourth-order valence-corrected chi connectivity index (χ4v) is 7.09. The maximum absolute atomic E-state index is 6.23. The van der Waals surface area contributed by atoms with Gasteiger partial charge >= 0.3 is 0 Å². The summed E-state index contributed by atoms with van der Waals surface area (Å²) in [4.78, 5) is 15.3. The molecular weight excluding hydrogens is 589 g/mol. The Balaban J connectivity index is 1.23. The molecule has 7 aromatic carbocycles. The SMILES string of the molecule is c1ccc(-c2nc(-c3cccc(-n4c5ccccc5c5ccc6ccccc6c54)c3)nc(-c3cccc4oc5ccccc5c34)n2)cc1. The number of hydrogen-bond acceptors (Lipinski definition) is 4. The highest BCUT2D eigenvalue weighted by Gasteiger charge is 2.19. The molecule has 0 atom stereocenters. The molecule has 10 aromatic rings. The van der Waals surface area contributed by atoms with E-state index in [1.807, 2.05) is 60.7 Å². The molecule has 3 heterocycles. The number of rotatable bonds is 4. The first-order valence-corrected chi connectivity index (χ1v) is 16.0. The van der Waals surface area contributed by atoms with Crippen LogP contribution in [0, 0.1) is 0 Å². The van der Waals surface area contributed by atoms with Crippen molar-refractivity contribution in [1.82, 2.24) is 19.5 Å². The molecule has 0 fully saturated rings. The van der Waals surface area contributed by atoms with Gasteiger partial charge in [0.1, 0.15) is 11.2 Å². The Labute approximate surface area is 275 Å². The predicted molar refractivity (Wildman–Crippen MR) is 195 cm³/mol. The molecule has 3 aromatic heterocycles. The first-order valence-electron chi connectivity index (χ1n) is 16.0. The Bertz CT molecular complexity index is 2850. The van der Waals surface area contributed by atoms with E-state index in [4.69, 9.17) is 19.4 Å². The van der Waals surface area contributed by atoms with Gasteiger partial charge in [-0.15, -0.1) is 0 Å². The zero-order valence-corrected chi connectivity index (χ0v) is 25.7. The lowest BCUT2D eigenvalue weighted by molar-refractivity contribution is 0.669. The van der Waals surface area contributed by atoms with Crippen LogP contribution in [0.1, 0.15) is 0 Å². The van der Waals surface area contributed by atoms with E-state index in [1.165, 1.54) is 27.1 Å². The first-order chi connectivity index (χ1) is 23.8. The van der Waals surface area contributed by atoms with Gasteiger partial charge in [-0.3, -0.25) is 0 Å². The van der Waals surface area contributed by atoms with Crippen molar-refractivity contribution in [2.24, 2.45) is 0 Å². The minimum Gasteiger partial charge on any atom is -0.456 e. The van der Waals surface area contributed by atoms with Gasteiger partial charge in [0.15, 0.2) is 17.5 Å². The average Bonchev–Trinajstić information content (AvgIpc) is 3.71. The molecule has 0 saturated heterocycles. The van der Waals surface area contributed by atoms with E-state index in [9.17, 15) is 0 Å². The van der Waals surface area contributed by atoms with Crippen molar-refractivity contribution in [3.05, 3.63) is 158 Å². The topological polar surface area (TPSA) is 56.7 Å². The molecule has 0 aliphatic heterocycles. The molecule has 224 valence electrons. The highest BCUT2D eigenvalue weighted by molar-refractivity contribution is 6.18. The highest BCUT2D eigenvalue weighted by Crippen LogP contribution is 2.39. The Kier molecular flexibility index (Phi) is 5.81. The van der Waals surface area contributed by atoms with Crippen LogP contribution in [0.5, 0.6) is 0 Å². The zero-order chi connectivity index (χ0) is 31.6. The Morgan fingerprint density at radius 3 is 2.00 bits per heavy atom. The summed E-state index contributed by atoms with van der Waals surface area (Å²) >= 11 is 0. The average molecular weight is 615 g/mol. The molecule has 48 heavy (non-hydrogen) atoms. The lowest BCUT2D eigenvalue weighted by Crippen LogP contribution is -2.01. The molecule has 0 aliphatic rings. The molecule has 0 bridgehead atoms. The number of aromatic nitrogens is 4. The molecular formula is C43H26N4O. The van der Waals surface area contributed by atoms with Crippen LogP contribution < -0.4 is 0 Å². The van der Waals surface area contributed by atoms with Gasteiger partial charge in [0.25, 0.3) is 0 Å². The van der Waals surface area contributed by atoms with Gasteiger partial charge < -0.3 is 8.98 Å². The van der Waals surface area contributed by atoms with Gasteiger partial charge in [0.2, 0.25) is 0 Å². The normalized spacial score (nSPS) is 11.8. The Morgan fingerprint density at radius 1 is 0.438 bits per heavy atom. The van der Waals surface area contributed by atoms with Crippen molar-refractivity contribution in [3.63, 3.8) is 0 Å². The molecule has 0 N–H and O–H groups in total. The second-order valence-corrected chi connectivity index (χ2v) is 12.0. The summed E-state index contributed by atoms with van der Waals surface area (Å²) < 4.78 is 8.60. The van der Waals surface area contributed by atoms with E-state index in [-0.39, 0.29) is 0 Å².